The molecule has 2 aliphatic heterocycles. The van der Waals surface area contributed by atoms with Gasteiger partial charge >= 0.3 is 0 Å². The topological polar surface area (TPSA) is 23.6 Å². The molecule has 2 saturated heterocycles. The molecule has 0 saturated carbocycles. The van der Waals surface area contributed by atoms with E-state index in [1.165, 1.54) is 24.8 Å². The molecule has 2 fully saturated rings. The molecule has 0 aliphatic carbocycles. The number of piperazine rings is 1. The Morgan fingerprint density at radius 3 is 2.50 bits per heavy atom. The van der Waals surface area contributed by atoms with Crippen molar-refractivity contribution in [2.24, 2.45) is 0 Å². The predicted molar refractivity (Wildman–Crippen MR) is 90.5 cm³/mol. The van der Waals surface area contributed by atoms with Gasteiger partial charge in [-0.15, -0.1) is 0 Å². The first kappa shape index (κ1) is 15.3. The highest BCUT2D eigenvalue weighted by molar-refractivity contribution is 5.76. The summed E-state index contributed by atoms with van der Waals surface area (Å²) in [5.41, 5.74) is 1.25. The molecule has 3 rings (SSSR count). The molecule has 2 unspecified atom stereocenters. The molecule has 2 aliphatic rings. The summed E-state index contributed by atoms with van der Waals surface area (Å²) in [6, 6.07) is 11.3. The number of rotatable bonds is 4. The quantitative estimate of drug-likeness (QED) is 0.852. The third-order valence-corrected chi connectivity index (χ3v) is 4.86. The zero-order valence-corrected chi connectivity index (χ0v) is 13.4. The smallest absolute Gasteiger partial charge is 0.222 e. The molecule has 3 nitrogen and oxygen atoms in total. The van der Waals surface area contributed by atoms with Crippen LogP contribution in [-0.2, 0) is 4.79 Å². The molecule has 2 heterocycles. The number of fused-ring (bicyclic) bond motifs is 2. The summed E-state index contributed by atoms with van der Waals surface area (Å²) in [6.45, 7) is 5.02. The van der Waals surface area contributed by atoms with E-state index in [1.807, 2.05) is 13.0 Å². The number of hydrogen-bond donors (Lipinski definition) is 0. The molecule has 2 atom stereocenters. The molecule has 0 spiro atoms. The summed E-state index contributed by atoms with van der Waals surface area (Å²) in [6.07, 6.45) is 8.70. The lowest BCUT2D eigenvalue weighted by atomic mass is 9.91. The minimum absolute atomic E-state index is 0.342. The Labute approximate surface area is 133 Å². The number of amides is 1. The molecule has 2 bridgehead atoms. The molecule has 0 aromatic heterocycles. The summed E-state index contributed by atoms with van der Waals surface area (Å²) in [5, 5.41) is 0. The Hall–Kier alpha value is -1.61. The number of carbonyl (C=O) groups is 1. The number of piperidine rings is 1. The zero-order chi connectivity index (χ0) is 15.4. The Morgan fingerprint density at radius 2 is 1.86 bits per heavy atom. The lowest BCUT2D eigenvalue weighted by Gasteiger charge is -2.50. The van der Waals surface area contributed by atoms with Crippen LogP contribution in [-0.4, -0.2) is 47.4 Å². The average Bonchev–Trinajstić information content (AvgIpc) is 2.54. The Balaban J connectivity index is 1.59. The normalized spacial score (nSPS) is 25.6. The third-order valence-electron chi connectivity index (χ3n) is 4.86. The first-order chi connectivity index (χ1) is 10.8. The van der Waals surface area contributed by atoms with Crippen LogP contribution in [0.1, 0.15) is 38.2 Å². The van der Waals surface area contributed by atoms with E-state index >= 15 is 0 Å². The van der Waals surface area contributed by atoms with Crippen LogP contribution in [0.3, 0.4) is 0 Å². The molecular weight excluding hydrogens is 272 g/mol. The van der Waals surface area contributed by atoms with Gasteiger partial charge in [-0.1, -0.05) is 49.4 Å². The predicted octanol–water partition coefficient (Wildman–Crippen LogP) is 3.18. The number of likely N-dealkylation sites (tertiary alicyclic amines) is 1. The third kappa shape index (κ3) is 3.41. The molecular formula is C19H26N2O. The summed E-state index contributed by atoms with van der Waals surface area (Å²) in [5.74, 6) is 0.342. The Kier molecular flexibility index (Phi) is 4.94. The van der Waals surface area contributed by atoms with E-state index < -0.39 is 0 Å². The van der Waals surface area contributed by atoms with E-state index in [4.69, 9.17) is 0 Å². The van der Waals surface area contributed by atoms with Gasteiger partial charge in [0.2, 0.25) is 5.91 Å². The maximum absolute atomic E-state index is 12.2. The van der Waals surface area contributed by atoms with Gasteiger partial charge < -0.3 is 4.90 Å². The van der Waals surface area contributed by atoms with Gasteiger partial charge in [0.1, 0.15) is 0 Å². The average molecular weight is 298 g/mol. The molecule has 1 aromatic rings. The van der Waals surface area contributed by atoms with Crippen molar-refractivity contribution in [1.29, 1.82) is 0 Å². The fourth-order valence-corrected chi connectivity index (χ4v) is 3.84. The molecule has 0 radical (unpaired) electrons. The van der Waals surface area contributed by atoms with Gasteiger partial charge in [-0.3, -0.25) is 9.69 Å². The largest absolute Gasteiger partial charge is 0.334 e. The van der Waals surface area contributed by atoms with Gasteiger partial charge in [-0.2, -0.15) is 0 Å². The van der Waals surface area contributed by atoms with Crippen molar-refractivity contribution in [2.45, 2.75) is 44.7 Å². The molecule has 1 aromatic carbocycles. The molecule has 22 heavy (non-hydrogen) atoms. The lowest BCUT2D eigenvalue weighted by molar-refractivity contribution is -0.142. The van der Waals surface area contributed by atoms with Gasteiger partial charge in [0.25, 0.3) is 0 Å². The van der Waals surface area contributed by atoms with Crippen molar-refractivity contribution in [1.82, 2.24) is 9.80 Å². The number of benzene rings is 1. The summed E-state index contributed by atoms with van der Waals surface area (Å²) < 4.78 is 0. The number of carbonyl (C=O) groups excluding carboxylic acids is 1. The molecule has 0 N–H and O–H groups in total. The number of nitrogens with zero attached hydrogens (tertiary/aromatic N) is 2. The summed E-state index contributed by atoms with van der Waals surface area (Å²) >= 11 is 0. The van der Waals surface area contributed by atoms with Gasteiger partial charge in [0, 0.05) is 38.1 Å². The number of hydrogen-bond acceptors (Lipinski definition) is 2. The highest BCUT2D eigenvalue weighted by Gasteiger charge is 2.38. The second-order valence-electron chi connectivity index (χ2n) is 6.42. The van der Waals surface area contributed by atoms with Gasteiger partial charge in [0.15, 0.2) is 0 Å². The Bertz CT molecular complexity index is 511. The molecule has 1 amide bonds. The first-order valence-electron chi connectivity index (χ1n) is 8.53. The van der Waals surface area contributed by atoms with E-state index in [9.17, 15) is 4.79 Å². The second kappa shape index (κ2) is 7.10. The van der Waals surface area contributed by atoms with E-state index in [1.54, 1.807) is 0 Å². The minimum atomic E-state index is 0.342. The van der Waals surface area contributed by atoms with Crippen molar-refractivity contribution in [3.8, 4) is 0 Å². The van der Waals surface area contributed by atoms with E-state index in [0.717, 1.165) is 19.6 Å². The van der Waals surface area contributed by atoms with Crippen LogP contribution >= 0.6 is 0 Å². The monoisotopic (exact) mass is 298 g/mol. The molecule has 3 heteroatoms. The fourth-order valence-electron chi connectivity index (χ4n) is 3.84. The zero-order valence-electron chi connectivity index (χ0n) is 13.4. The first-order valence-corrected chi connectivity index (χ1v) is 8.53. The van der Waals surface area contributed by atoms with Crippen molar-refractivity contribution >= 4 is 12.0 Å². The maximum atomic E-state index is 12.2. The SMILES string of the molecule is CCC(=O)N1C2CCCC1CN(CC=Cc1ccccc1)C2. The van der Waals surface area contributed by atoms with Crippen LogP contribution < -0.4 is 0 Å². The fraction of sp³-hybridized carbons (Fsp3) is 0.526. The van der Waals surface area contributed by atoms with Gasteiger partial charge in [-0.25, -0.2) is 0 Å². The highest BCUT2D eigenvalue weighted by atomic mass is 16.2. The van der Waals surface area contributed by atoms with Crippen molar-refractivity contribution in [3.05, 3.63) is 42.0 Å². The van der Waals surface area contributed by atoms with Crippen LogP contribution in [0.15, 0.2) is 36.4 Å². The summed E-state index contributed by atoms with van der Waals surface area (Å²) in [4.78, 5) is 16.9. The van der Waals surface area contributed by atoms with Crippen LogP contribution in [0.5, 0.6) is 0 Å². The van der Waals surface area contributed by atoms with E-state index in [2.05, 4.69) is 46.2 Å². The minimum Gasteiger partial charge on any atom is -0.334 e. The van der Waals surface area contributed by atoms with E-state index in [-0.39, 0.29) is 0 Å². The standard InChI is InChI=1S/C19H26N2O/c1-2-19(22)21-17-11-6-12-18(21)15-20(14-17)13-7-10-16-8-4-3-5-9-16/h3-5,7-10,17-18H,2,6,11-15H2,1H3. The van der Waals surface area contributed by atoms with Crippen LogP contribution in [0.4, 0.5) is 0 Å². The van der Waals surface area contributed by atoms with Crippen molar-refractivity contribution in [2.75, 3.05) is 19.6 Å². The highest BCUT2D eigenvalue weighted by Crippen LogP contribution is 2.29. The van der Waals surface area contributed by atoms with Gasteiger partial charge in [-0.05, 0) is 24.8 Å². The second-order valence-corrected chi connectivity index (χ2v) is 6.42. The van der Waals surface area contributed by atoms with Crippen LogP contribution in [0.25, 0.3) is 6.08 Å². The van der Waals surface area contributed by atoms with Crippen molar-refractivity contribution in [3.63, 3.8) is 0 Å². The van der Waals surface area contributed by atoms with Crippen LogP contribution in [0, 0.1) is 0 Å². The van der Waals surface area contributed by atoms with Crippen molar-refractivity contribution < 1.29 is 4.79 Å². The van der Waals surface area contributed by atoms with E-state index in [0.29, 0.717) is 24.4 Å². The molecule has 118 valence electrons. The Morgan fingerprint density at radius 1 is 1.18 bits per heavy atom. The maximum Gasteiger partial charge on any atom is 0.222 e. The van der Waals surface area contributed by atoms with Crippen LogP contribution in [0.2, 0.25) is 0 Å². The van der Waals surface area contributed by atoms with Gasteiger partial charge in [0.05, 0.1) is 0 Å². The summed E-state index contributed by atoms with van der Waals surface area (Å²) in [7, 11) is 0. The lowest BCUT2D eigenvalue weighted by Crippen LogP contribution is -2.62.